The van der Waals surface area contributed by atoms with E-state index in [1.54, 1.807) is 48.5 Å². The summed E-state index contributed by atoms with van der Waals surface area (Å²) in [6.07, 6.45) is -0.105. The average Bonchev–Trinajstić information content (AvgIpc) is 2.65. The van der Waals surface area contributed by atoms with Crippen molar-refractivity contribution in [2.24, 2.45) is 0 Å². The molecule has 2 aromatic carbocycles. The van der Waals surface area contributed by atoms with E-state index in [2.05, 4.69) is 16.0 Å². The van der Waals surface area contributed by atoms with Crippen LogP contribution >= 0.6 is 11.6 Å². The second-order valence-corrected chi connectivity index (χ2v) is 5.77. The number of anilines is 2. The molecule has 1 atom stereocenters. The Balaban J connectivity index is 1.79. The number of urea groups is 1. The molecule has 6 nitrogen and oxygen atoms in total. The smallest absolute Gasteiger partial charge is 0.319 e. The molecule has 3 amide bonds. The minimum Gasteiger partial charge on any atom is -0.331 e. The van der Waals surface area contributed by atoms with Crippen molar-refractivity contribution < 1.29 is 14.4 Å². The largest absolute Gasteiger partial charge is 0.331 e. The molecule has 1 aliphatic rings. The summed E-state index contributed by atoms with van der Waals surface area (Å²) in [5, 5.41) is 8.44. The Labute approximate surface area is 143 Å². The van der Waals surface area contributed by atoms with E-state index in [4.69, 9.17) is 11.6 Å². The van der Waals surface area contributed by atoms with Crippen LogP contribution in [0.25, 0.3) is 0 Å². The second-order valence-electron chi connectivity index (χ2n) is 5.33. The SMILES string of the molecule is O=C(Nc1cccc(Cl)c1)NC1CC(=O)C(=O)Nc2ccccc21. The number of amides is 3. The Morgan fingerprint density at radius 3 is 2.71 bits per heavy atom. The molecular formula is C17H14ClN3O3. The summed E-state index contributed by atoms with van der Waals surface area (Å²) < 4.78 is 0. The first-order valence-electron chi connectivity index (χ1n) is 7.29. The van der Waals surface area contributed by atoms with E-state index in [1.807, 2.05) is 0 Å². The summed E-state index contributed by atoms with van der Waals surface area (Å²) in [4.78, 5) is 35.8. The van der Waals surface area contributed by atoms with Gasteiger partial charge in [0.15, 0.2) is 0 Å². The van der Waals surface area contributed by atoms with Gasteiger partial charge in [-0.2, -0.15) is 0 Å². The molecular weight excluding hydrogens is 330 g/mol. The summed E-state index contributed by atoms with van der Waals surface area (Å²) >= 11 is 5.88. The highest BCUT2D eigenvalue weighted by atomic mass is 35.5. The molecule has 0 radical (unpaired) electrons. The number of hydrogen-bond donors (Lipinski definition) is 3. The van der Waals surface area contributed by atoms with Crippen LogP contribution in [0.3, 0.4) is 0 Å². The first kappa shape index (κ1) is 16.0. The van der Waals surface area contributed by atoms with Crippen molar-refractivity contribution in [2.45, 2.75) is 12.5 Å². The monoisotopic (exact) mass is 343 g/mol. The lowest BCUT2D eigenvalue weighted by molar-refractivity contribution is -0.134. The van der Waals surface area contributed by atoms with Crippen LogP contribution in [0.15, 0.2) is 48.5 Å². The van der Waals surface area contributed by atoms with Gasteiger partial charge in [0.1, 0.15) is 0 Å². The number of hydrogen-bond acceptors (Lipinski definition) is 3. The number of halogens is 1. The number of Topliss-reactive ketones (excluding diaryl/α,β-unsaturated/α-hetero) is 1. The predicted molar refractivity (Wildman–Crippen MR) is 91.0 cm³/mol. The van der Waals surface area contributed by atoms with Gasteiger partial charge in [0, 0.05) is 22.8 Å². The number of carbonyl (C=O) groups is 3. The second kappa shape index (κ2) is 6.72. The fourth-order valence-electron chi connectivity index (χ4n) is 2.52. The van der Waals surface area contributed by atoms with Gasteiger partial charge in [-0.25, -0.2) is 4.79 Å². The van der Waals surface area contributed by atoms with Crippen molar-refractivity contribution in [3.63, 3.8) is 0 Å². The zero-order valence-corrected chi connectivity index (χ0v) is 13.3. The zero-order valence-electron chi connectivity index (χ0n) is 12.5. The van der Waals surface area contributed by atoms with Crippen molar-refractivity contribution in [3.8, 4) is 0 Å². The fraction of sp³-hybridized carbons (Fsp3) is 0.118. The minimum atomic E-state index is -0.679. The maximum atomic E-state index is 12.2. The molecule has 0 bridgehead atoms. The Morgan fingerprint density at radius 2 is 1.92 bits per heavy atom. The van der Waals surface area contributed by atoms with Crippen LogP contribution in [-0.2, 0) is 9.59 Å². The molecule has 0 saturated carbocycles. The van der Waals surface area contributed by atoms with Crippen LogP contribution in [0.4, 0.5) is 16.2 Å². The molecule has 0 aromatic heterocycles. The third-order valence-corrected chi connectivity index (χ3v) is 3.85. The van der Waals surface area contributed by atoms with Crippen molar-refractivity contribution in [3.05, 3.63) is 59.1 Å². The first-order valence-corrected chi connectivity index (χ1v) is 7.67. The molecule has 1 unspecified atom stereocenters. The first-order chi connectivity index (χ1) is 11.5. The van der Waals surface area contributed by atoms with Crippen LogP contribution in [0.1, 0.15) is 18.0 Å². The van der Waals surface area contributed by atoms with Crippen LogP contribution < -0.4 is 16.0 Å². The molecule has 3 rings (SSSR count). The van der Waals surface area contributed by atoms with Gasteiger partial charge in [-0.15, -0.1) is 0 Å². The van der Waals surface area contributed by atoms with E-state index in [0.29, 0.717) is 22.0 Å². The molecule has 1 aliphatic heterocycles. The standard InChI is InChI=1S/C17H14ClN3O3/c18-10-4-3-5-11(8-10)19-17(24)21-14-9-15(22)16(23)20-13-7-2-1-6-12(13)14/h1-8,14H,9H2,(H,20,23)(H2,19,21,24). The summed E-state index contributed by atoms with van der Waals surface area (Å²) in [6.45, 7) is 0. The third kappa shape index (κ3) is 3.55. The Morgan fingerprint density at radius 1 is 1.12 bits per heavy atom. The molecule has 122 valence electrons. The van der Waals surface area contributed by atoms with Crippen molar-refractivity contribution >= 4 is 40.7 Å². The number of benzene rings is 2. The van der Waals surface area contributed by atoms with Gasteiger partial charge in [0.2, 0.25) is 5.78 Å². The normalized spacial score (nSPS) is 16.6. The number of rotatable bonds is 2. The van der Waals surface area contributed by atoms with Crippen LogP contribution in [0, 0.1) is 0 Å². The van der Waals surface area contributed by atoms with Crippen LogP contribution in [0.2, 0.25) is 5.02 Å². The molecule has 0 saturated heterocycles. The van der Waals surface area contributed by atoms with Crippen molar-refractivity contribution in [1.29, 1.82) is 0 Å². The maximum absolute atomic E-state index is 12.2. The molecule has 1 heterocycles. The molecule has 7 heteroatoms. The van der Waals surface area contributed by atoms with Gasteiger partial charge in [-0.1, -0.05) is 35.9 Å². The highest BCUT2D eigenvalue weighted by Gasteiger charge is 2.28. The summed E-state index contributed by atoms with van der Waals surface area (Å²) in [5.41, 5.74) is 1.72. The maximum Gasteiger partial charge on any atom is 0.319 e. The lowest BCUT2D eigenvalue weighted by Gasteiger charge is -2.18. The minimum absolute atomic E-state index is 0.105. The quantitative estimate of drug-likeness (QED) is 0.732. The highest BCUT2D eigenvalue weighted by Crippen LogP contribution is 2.28. The third-order valence-electron chi connectivity index (χ3n) is 3.61. The topological polar surface area (TPSA) is 87.3 Å². The number of carbonyl (C=O) groups excluding carboxylic acids is 3. The van der Waals surface area contributed by atoms with Gasteiger partial charge in [0.25, 0.3) is 5.91 Å². The lowest BCUT2D eigenvalue weighted by atomic mass is 10.0. The van der Waals surface area contributed by atoms with Gasteiger partial charge in [-0.3, -0.25) is 9.59 Å². The number of ketones is 1. The van der Waals surface area contributed by atoms with E-state index in [0.717, 1.165) is 0 Å². The van der Waals surface area contributed by atoms with Gasteiger partial charge < -0.3 is 16.0 Å². The molecule has 0 fully saturated rings. The van der Waals surface area contributed by atoms with Gasteiger partial charge in [-0.05, 0) is 29.8 Å². The molecule has 24 heavy (non-hydrogen) atoms. The zero-order chi connectivity index (χ0) is 17.1. The molecule has 0 aliphatic carbocycles. The van der Waals surface area contributed by atoms with Gasteiger partial charge in [0.05, 0.1) is 6.04 Å². The number of nitrogens with one attached hydrogen (secondary N) is 3. The predicted octanol–water partition coefficient (Wildman–Crippen LogP) is 3.11. The van der Waals surface area contributed by atoms with E-state index < -0.39 is 23.8 Å². The molecule has 3 N–H and O–H groups in total. The van der Waals surface area contributed by atoms with Gasteiger partial charge >= 0.3 is 6.03 Å². The Kier molecular flexibility index (Phi) is 4.48. The van der Waals surface area contributed by atoms with E-state index in [1.165, 1.54) is 0 Å². The van der Waals surface area contributed by atoms with E-state index >= 15 is 0 Å². The van der Waals surface area contributed by atoms with Crippen LogP contribution in [0.5, 0.6) is 0 Å². The summed E-state index contributed by atoms with van der Waals surface area (Å²) in [6, 6.07) is 12.6. The molecule has 0 spiro atoms. The van der Waals surface area contributed by atoms with E-state index in [9.17, 15) is 14.4 Å². The number of fused-ring (bicyclic) bond motifs is 1. The van der Waals surface area contributed by atoms with E-state index in [-0.39, 0.29) is 6.42 Å². The fourth-order valence-corrected chi connectivity index (χ4v) is 2.71. The van der Waals surface area contributed by atoms with Crippen LogP contribution in [-0.4, -0.2) is 17.7 Å². The lowest BCUT2D eigenvalue weighted by Crippen LogP contribution is -2.34. The Bertz CT molecular complexity index is 822. The molecule has 2 aromatic rings. The highest BCUT2D eigenvalue weighted by molar-refractivity contribution is 6.41. The number of para-hydroxylation sites is 1. The summed E-state index contributed by atoms with van der Waals surface area (Å²) in [7, 11) is 0. The Hall–Kier alpha value is -2.86. The van der Waals surface area contributed by atoms with Crippen molar-refractivity contribution in [1.82, 2.24) is 5.32 Å². The van der Waals surface area contributed by atoms with Crippen molar-refractivity contribution in [2.75, 3.05) is 10.6 Å². The average molecular weight is 344 g/mol. The summed E-state index contributed by atoms with van der Waals surface area (Å²) in [5.74, 6) is -1.26.